The SMILES string of the molecule is CC(=O)OC1[C@@H](OC2O[C@H](CSC(C)=O)[C@H](O[C@H]3O[C@@H](CN=[N+]=[N-])[C@@H](OC(C)=O)C(OC(C)=O)C3N=[N+]=[N-])[C@@H]2OC(C)=O)[C@@H](O[C@@H]2OC(CN=[N+]=[N-])[C@H](OC(C)=O)[C@H](OC(C)=O)C2N=[N+]=[N-])C(N=[N+]=[N-])C[C@H]1N=[N+]=[N-]. The van der Waals surface area contributed by atoms with E-state index in [1.165, 1.54) is 6.92 Å². The van der Waals surface area contributed by atoms with Crippen LogP contribution in [0.1, 0.15) is 54.9 Å². The van der Waals surface area contributed by atoms with Crippen molar-refractivity contribution in [1.82, 2.24) is 0 Å². The minimum Gasteiger partial charge on any atom is -0.459 e. The van der Waals surface area contributed by atoms with Gasteiger partial charge in [0.1, 0.15) is 48.7 Å². The smallest absolute Gasteiger partial charge is 0.303 e. The van der Waals surface area contributed by atoms with Crippen molar-refractivity contribution in [2.75, 3.05) is 18.8 Å². The summed E-state index contributed by atoms with van der Waals surface area (Å²) in [5.74, 6) is -6.26. The summed E-state index contributed by atoms with van der Waals surface area (Å²) in [6.45, 7) is 5.79. The van der Waals surface area contributed by atoms with E-state index in [1.54, 1.807) is 0 Å². The summed E-state index contributed by atoms with van der Waals surface area (Å²) in [7, 11) is 0. The van der Waals surface area contributed by atoms with Gasteiger partial charge < -0.3 is 56.8 Å². The highest BCUT2D eigenvalue weighted by Crippen LogP contribution is 2.41. The van der Waals surface area contributed by atoms with Crippen molar-refractivity contribution >= 4 is 52.7 Å². The van der Waals surface area contributed by atoms with Crippen LogP contribution < -0.4 is 0 Å². The summed E-state index contributed by atoms with van der Waals surface area (Å²) < 4.78 is 71.1. The van der Waals surface area contributed by atoms with E-state index in [0.29, 0.717) is 11.8 Å². The van der Waals surface area contributed by atoms with Crippen molar-refractivity contribution in [1.29, 1.82) is 0 Å². The average molecular weight is 1080 g/mol. The molecule has 1 saturated carbocycles. The lowest BCUT2D eigenvalue weighted by molar-refractivity contribution is -0.309. The Morgan fingerprint density at radius 1 is 0.427 bits per heavy atom. The minimum atomic E-state index is -1.99. The Labute approximate surface area is 425 Å². The maximum atomic E-state index is 13.1. The van der Waals surface area contributed by atoms with Crippen LogP contribution in [0.4, 0.5) is 0 Å². The van der Waals surface area contributed by atoms with Gasteiger partial charge in [-0.3, -0.25) is 33.6 Å². The molecule has 0 spiro atoms. The number of hydrogen-bond acceptors (Lipinski definition) is 26. The third-order valence-electron chi connectivity index (χ3n) is 10.9. The van der Waals surface area contributed by atoms with Crippen LogP contribution in [0, 0.1) is 0 Å². The van der Waals surface area contributed by atoms with Crippen molar-refractivity contribution in [2.24, 2.45) is 30.7 Å². The molecule has 0 amide bonds. The molecule has 4 rings (SSSR count). The highest BCUT2D eigenvalue weighted by atomic mass is 32.2. The lowest BCUT2D eigenvalue weighted by Gasteiger charge is -2.48. The average Bonchev–Trinajstić information content (AvgIpc) is 3.63. The number of thioether (sulfide) groups is 1. The zero-order valence-electron chi connectivity index (χ0n) is 40.5. The molecule has 4 aliphatic rings. The van der Waals surface area contributed by atoms with Gasteiger partial charge in [0.25, 0.3) is 0 Å². The molecule has 7 unspecified atom stereocenters. The van der Waals surface area contributed by atoms with E-state index >= 15 is 0 Å². The molecule has 0 N–H and O–H groups in total. The van der Waals surface area contributed by atoms with E-state index in [1.807, 2.05) is 0 Å². The van der Waals surface area contributed by atoms with Crippen LogP contribution in [0.3, 0.4) is 0 Å². The first-order chi connectivity index (χ1) is 35.7. The number of rotatable bonds is 22. The third kappa shape index (κ3) is 16.5. The van der Waals surface area contributed by atoms with Crippen LogP contribution in [0.5, 0.6) is 0 Å². The lowest BCUT2D eigenvalue weighted by atomic mass is 9.83. The molecule has 75 heavy (non-hydrogen) atoms. The molecule has 0 aromatic heterocycles. The molecule has 0 radical (unpaired) electrons. The molecular weight excluding hydrogens is 1030 g/mol. The Morgan fingerprint density at radius 2 is 0.787 bits per heavy atom. The number of ether oxygens (including phenoxy) is 12. The van der Waals surface area contributed by atoms with Crippen molar-refractivity contribution < 1.29 is 90.4 Å². The number of esters is 6. The maximum Gasteiger partial charge on any atom is 0.303 e. The van der Waals surface area contributed by atoms with Gasteiger partial charge >= 0.3 is 35.8 Å². The van der Waals surface area contributed by atoms with Gasteiger partial charge in [0.15, 0.2) is 54.5 Å². The molecule has 3 saturated heterocycles. The summed E-state index contributed by atoms with van der Waals surface area (Å²) in [6, 6.07) is -6.63. The summed E-state index contributed by atoms with van der Waals surface area (Å²) >= 11 is 0.665. The second-order valence-corrected chi connectivity index (χ2v) is 17.4. The van der Waals surface area contributed by atoms with Gasteiger partial charge in [-0.15, -0.1) is 0 Å². The third-order valence-corrected chi connectivity index (χ3v) is 11.8. The van der Waals surface area contributed by atoms with E-state index in [9.17, 15) is 66.7 Å². The van der Waals surface area contributed by atoms with E-state index in [4.69, 9.17) is 56.8 Å². The van der Waals surface area contributed by atoms with Gasteiger partial charge in [0.05, 0.1) is 31.3 Å². The molecule has 3 aliphatic heterocycles. The van der Waals surface area contributed by atoms with Gasteiger partial charge in [-0.2, -0.15) is 0 Å². The minimum absolute atomic E-state index is 0.347. The quantitative estimate of drug-likeness (QED) is 0.0487. The fourth-order valence-electron chi connectivity index (χ4n) is 8.46. The molecule has 1 aliphatic carbocycles. The largest absolute Gasteiger partial charge is 0.459 e. The highest BCUT2D eigenvalue weighted by Gasteiger charge is 2.59. The molecule has 406 valence electrons. The standard InChI is InChI=1S/C37H48N18O19S/c1-12(56)63-26-19(46-52-40)8-20(47-53-41)27(72-35-24(48-54-42)31(66-15(4)59)28(64-13(2)57)21(69-35)9-44-50-38)33(26)74-37-34(68-17(6)61)30(23(71-37)11-75-18(7)62)73-36-25(49-55-43)32(67-16(5)60)29(65-14(3)58)22(70-36)10-45-51-39/h19-37H,8-11H2,1-7H3/t19-,20?,21?,22+,23-,24?,25?,26?,27+,28+,29-,30+,31-,32?,33-,34+,35+,36-,37?/m1/s1. The number of carbonyl (C=O) groups excluding carboxylic acids is 7. The molecule has 0 bridgehead atoms. The molecule has 38 heteroatoms. The zero-order valence-corrected chi connectivity index (χ0v) is 41.3. The monoisotopic (exact) mass is 1080 g/mol. The van der Waals surface area contributed by atoms with Crippen LogP contribution in [-0.2, 0) is 90.4 Å². The fraction of sp³-hybridized carbons (Fsp3) is 0.811. The Balaban J connectivity index is 1.96. The zero-order chi connectivity index (χ0) is 55.5. The first-order valence-corrected chi connectivity index (χ1v) is 23.0. The van der Waals surface area contributed by atoms with Gasteiger partial charge in [0, 0.05) is 83.7 Å². The van der Waals surface area contributed by atoms with E-state index < -0.39 is 177 Å². The van der Waals surface area contributed by atoms with Crippen LogP contribution >= 0.6 is 11.8 Å². The van der Waals surface area contributed by atoms with Crippen LogP contribution in [-0.4, -0.2) is 176 Å². The Hall–Kier alpha value is -7.54. The Morgan fingerprint density at radius 3 is 1.19 bits per heavy atom. The van der Waals surface area contributed by atoms with Crippen LogP contribution in [0.25, 0.3) is 62.7 Å². The Bertz CT molecular complexity index is 2440. The number of carbonyl (C=O) groups is 7. The Kier molecular flexibility index (Phi) is 23.0. The number of hydrogen-bond donors (Lipinski definition) is 0. The highest BCUT2D eigenvalue weighted by molar-refractivity contribution is 8.13. The van der Waals surface area contributed by atoms with Crippen molar-refractivity contribution in [3.63, 3.8) is 0 Å². The van der Waals surface area contributed by atoms with Crippen molar-refractivity contribution in [2.45, 2.75) is 171 Å². The summed E-state index contributed by atoms with van der Waals surface area (Å²) in [5, 5.41) is 21.5. The van der Waals surface area contributed by atoms with E-state index in [0.717, 1.165) is 41.5 Å². The van der Waals surface area contributed by atoms with Gasteiger partial charge in [0.2, 0.25) is 0 Å². The van der Waals surface area contributed by atoms with Crippen LogP contribution in [0.15, 0.2) is 30.7 Å². The number of nitrogens with zero attached hydrogens (tertiary/aromatic N) is 18. The topological polar surface area (TPSA) is 523 Å². The first kappa shape index (κ1) is 60.0. The van der Waals surface area contributed by atoms with E-state index in [-0.39, 0.29) is 5.75 Å². The second-order valence-electron chi connectivity index (χ2n) is 16.2. The lowest BCUT2D eigenvalue weighted by Crippen LogP contribution is -2.65. The second kappa shape index (κ2) is 28.8. The predicted molar refractivity (Wildman–Crippen MR) is 241 cm³/mol. The maximum absolute atomic E-state index is 13.1. The molecule has 19 atom stereocenters. The summed E-state index contributed by atoms with van der Waals surface area (Å²) in [4.78, 5) is 105. The van der Waals surface area contributed by atoms with Crippen LogP contribution in [0.2, 0.25) is 0 Å². The molecule has 4 fully saturated rings. The predicted octanol–water partition coefficient (Wildman–Crippen LogP) is 3.93. The van der Waals surface area contributed by atoms with Gasteiger partial charge in [-0.1, -0.05) is 42.4 Å². The van der Waals surface area contributed by atoms with Crippen molar-refractivity contribution in [3.05, 3.63) is 62.7 Å². The van der Waals surface area contributed by atoms with Crippen molar-refractivity contribution in [3.8, 4) is 0 Å². The molecule has 37 nitrogen and oxygen atoms in total. The van der Waals surface area contributed by atoms with Gasteiger partial charge in [-0.05, 0) is 39.6 Å². The fourth-order valence-corrected chi connectivity index (χ4v) is 9.13. The first-order valence-electron chi connectivity index (χ1n) is 22.0. The normalized spacial score (nSPS) is 33.7. The molecular formula is C37H48N18O19S. The molecule has 0 aromatic carbocycles. The molecule has 0 aromatic rings. The number of azide groups is 6. The summed E-state index contributed by atoms with van der Waals surface area (Å²) in [5.41, 5.74) is 57.5. The summed E-state index contributed by atoms with van der Waals surface area (Å²) in [6.07, 6.45) is -26.7. The van der Waals surface area contributed by atoms with E-state index in [2.05, 4.69) is 60.2 Å². The van der Waals surface area contributed by atoms with Gasteiger partial charge in [-0.25, -0.2) is 0 Å². The molecule has 3 heterocycles.